The van der Waals surface area contributed by atoms with E-state index in [1.165, 1.54) is 25.7 Å². The topological polar surface area (TPSA) is 21.3 Å². The molecule has 3 heteroatoms. The van der Waals surface area contributed by atoms with Gasteiger partial charge in [0.05, 0.1) is 0 Å². The summed E-state index contributed by atoms with van der Waals surface area (Å²) in [5.41, 5.74) is 0.426. The molecule has 1 aliphatic rings. The molecule has 1 aromatic rings. The van der Waals surface area contributed by atoms with Gasteiger partial charge in [-0.15, -0.1) is 0 Å². The van der Waals surface area contributed by atoms with Crippen LogP contribution in [0.3, 0.4) is 0 Å². The highest BCUT2D eigenvalue weighted by molar-refractivity contribution is 9.10. The van der Waals surface area contributed by atoms with Crippen LogP contribution >= 0.6 is 15.9 Å². The van der Waals surface area contributed by atoms with Crippen LogP contribution in [0.15, 0.2) is 28.7 Å². The van der Waals surface area contributed by atoms with E-state index in [1.54, 1.807) is 0 Å². The molecular formula is C16H24BrNO. The number of hydrogen-bond donors (Lipinski definition) is 1. The minimum absolute atomic E-state index is 0.426. The van der Waals surface area contributed by atoms with Gasteiger partial charge in [0.2, 0.25) is 0 Å². The van der Waals surface area contributed by atoms with Crippen molar-refractivity contribution in [2.75, 3.05) is 13.2 Å². The van der Waals surface area contributed by atoms with Gasteiger partial charge < -0.3 is 10.1 Å². The first-order valence-corrected chi connectivity index (χ1v) is 7.99. The molecule has 1 fully saturated rings. The van der Waals surface area contributed by atoms with Crippen molar-refractivity contribution in [1.29, 1.82) is 0 Å². The number of nitrogens with one attached hydrogen (secondary N) is 1. The molecule has 0 aliphatic heterocycles. The van der Waals surface area contributed by atoms with Crippen LogP contribution in [0.2, 0.25) is 0 Å². The van der Waals surface area contributed by atoms with Gasteiger partial charge in [-0.05, 0) is 42.5 Å². The summed E-state index contributed by atoms with van der Waals surface area (Å²) in [5.74, 6) is 0.938. The van der Waals surface area contributed by atoms with E-state index in [9.17, 15) is 0 Å². The molecule has 2 nitrogen and oxygen atoms in total. The molecule has 1 aromatic carbocycles. The van der Waals surface area contributed by atoms with Gasteiger partial charge in [0.1, 0.15) is 12.4 Å². The van der Waals surface area contributed by atoms with Crippen LogP contribution in [0.4, 0.5) is 0 Å². The van der Waals surface area contributed by atoms with E-state index in [0.717, 1.165) is 23.4 Å². The Bertz CT molecular complexity index is 388. The second-order valence-corrected chi connectivity index (χ2v) is 6.96. The lowest BCUT2D eigenvalue weighted by molar-refractivity contribution is 0.161. The van der Waals surface area contributed by atoms with E-state index < -0.39 is 0 Å². The van der Waals surface area contributed by atoms with Crippen LogP contribution in [0.25, 0.3) is 0 Å². The third-order valence-corrected chi connectivity index (χ3v) is 4.61. The standard InChI is InChI=1S/C16H24BrNO/c1-16(2)10-4-3-5-15(16)18-11-12-19-14-8-6-13(17)7-9-14/h6-9,15,18H,3-5,10-12H2,1-2H3. The molecule has 1 aliphatic carbocycles. The van der Waals surface area contributed by atoms with Crippen LogP contribution in [0.1, 0.15) is 39.5 Å². The maximum Gasteiger partial charge on any atom is 0.119 e. The fourth-order valence-electron chi connectivity index (χ4n) is 2.81. The number of rotatable bonds is 5. The van der Waals surface area contributed by atoms with Crippen molar-refractivity contribution < 1.29 is 4.74 Å². The third kappa shape index (κ3) is 4.50. The second kappa shape index (κ2) is 6.76. The van der Waals surface area contributed by atoms with Crippen LogP contribution < -0.4 is 10.1 Å². The van der Waals surface area contributed by atoms with Crippen molar-refractivity contribution in [3.05, 3.63) is 28.7 Å². The summed E-state index contributed by atoms with van der Waals surface area (Å²) in [6.07, 6.45) is 5.36. The molecule has 0 radical (unpaired) electrons. The second-order valence-electron chi connectivity index (χ2n) is 6.04. The Hall–Kier alpha value is -0.540. The Morgan fingerprint density at radius 1 is 1.26 bits per heavy atom. The first kappa shape index (κ1) is 14.9. The molecule has 0 bridgehead atoms. The van der Waals surface area contributed by atoms with Crippen molar-refractivity contribution in [2.24, 2.45) is 5.41 Å². The Labute approximate surface area is 125 Å². The van der Waals surface area contributed by atoms with Crippen molar-refractivity contribution in [1.82, 2.24) is 5.32 Å². The van der Waals surface area contributed by atoms with Crippen molar-refractivity contribution in [3.8, 4) is 5.75 Å². The lowest BCUT2D eigenvalue weighted by Gasteiger charge is -2.39. The molecule has 19 heavy (non-hydrogen) atoms. The Kier molecular flexibility index (Phi) is 5.28. The predicted molar refractivity (Wildman–Crippen MR) is 83.7 cm³/mol. The normalized spacial score (nSPS) is 22.2. The average Bonchev–Trinajstić information content (AvgIpc) is 2.38. The third-order valence-electron chi connectivity index (χ3n) is 4.08. The van der Waals surface area contributed by atoms with Crippen molar-refractivity contribution in [2.45, 2.75) is 45.6 Å². The highest BCUT2D eigenvalue weighted by Crippen LogP contribution is 2.35. The van der Waals surface area contributed by atoms with E-state index in [1.807, 2.05) is 24.3 Å². The summed E-state index contributed by atoms with van der Waals surface area (Å²) in [7, 11) is 0. The minimum Gasteiger partial charge on any atom is -0.492 e. The summed E-state index contributed by atoms with van der Waals surface area (Å²) in [4.78, 5) is 0. The highest BCUT2D eigenvalue weighted by Gasteiger charge is 2.31. The van der Waals surface area contributed by atoms with Gasteiger partial charge in [0.25, 0.3) is 0 Å². The van der Waals surface area contributed by atoms with Gasteiger partial charge in [0, 0.05) is 17.1 Å². The molecule has 0 amide bonds. The fourth-order valence-corrected chi connectivity index (χ4v) is 3.07. The molecule has 106 valence electrons. The average molecular weight is 326 g/mol. The first-order valence-electron chi connectivity index (χ1n) is 7.20. The van der Waals surface area contributed by atoms with E-state index in [-0.39, 0.29) is 0 Å². The molecule has 0 aromatic heterocycles. The SMILES string of the molecule is CC1(C)CCCCC1NCCOc1ccc(Br)cc1. The lowest BCUT2D eigenvalue weighted by Crippen LogP contribution is -2.45. The van der Waals surface area contributed by atoms with Crippen LogP contribution in [-0.2, 0) is 0 Å². The summed E-state index contributed by atoms with van der Waals surface area (Å²) in [6, 6.07) is 8.64. The molecule has 1 unspecified atom stereocenters. The van der Waals surface area contributed by atoms with E-state index in [0.29, 0.717) is 11.5 Å². The van der Waals surface area contributed by atoms with Crippen LogP contribution in [0.5, 0.6) is 5.75 Å². The van der Waals surface area contributed by atoms with E-state index in [2.05, 4.69) is 35.1 Å². The molecule has 2 rings (SSSR count). The van der Waals surface area contributed by atoms with Crippen molar-refractivity contribution >= 4 is 15.9 Å². The molecule has 1 saturated carbocycles. The molecule has 0 saturated heterocycles. The van der Waals surface area contributed by atoms with Gasteiger partial charge in [0.15, 0.2) is 0 Å². The summed E-state index contributed by atoms with van der Waals surface area (Å²) < 4.78 is 6.82. The van der Waals surface area contributed by atoms with E-state index in [4.69, 9.17) is 4.74 Å². The molecule has 1 N–H and O–H groups in total. The van der Waals surface area contributed by atoms with Gasteiger partial charge in [-0.3, -0.25) is 0 Å². The fraction of sp³-hybridized carbons (Fsp3) is 0.625. The predicted octanol–water partition coefficient (Wildman–Crippen LogP) is 4.39. The molecular weight excluding hydrogens is 302 g/mol. The smallest absolute Gasteiger partial charge is 0.119 e. The van der Waals surface area contributed by atoms with Gasteiger partial charge in [-0.1, -0.05) is 42.6 Å². The Morgan fingerprint density at radius 2 is 2.00 bits per heavy atom. The summed E-state index contributed by atoms with van der Waals surface area (Å²) in [5, 5.41) is 3.66. The van der Waals surface area contributed by atoms with E-state index >= 15 is 0 Å². The van der Waals surface area contributed by atoms with Gasteiger partial charge in [-0.2, -0.15) is 0 Å². The summed E-state index contributed by atoms with van der Waals surface area (Å²) in [6.45, 7) is 6.40. The number of ether oxygens (including phenoxy) is 1. The molecule has 0 spiro atoms. The van der Waals surface area contributed by atoms with Crippen LogP contribution in [-0.4, -0.2) is 19.2 Å². The minimum atomic E-state index is 0.426. The summed E-state index contributed by atoms with van der Waals surface area (Å²) >= 11 is 3.42. The maximum atomic E-state index is 5.74. The molecule has 0 heterocycles. The monoisotopic (exact) mass is 325 g/mol. The number of hydrogen-bond acceptors (Lipinski definition) is 2. The zero-order valence-electron chi connectivity index (χ0n) is 11.9. The Morgan fingerprint density at radius 3 is 2.68 bits per heavy atom. The zero-order chi connectivity index (χ0) is 13.7. The quantitative estimate of drug-likeness (QED) is 0.811. The Balaban J connectivity index is 1.70. The molecule has 1 atom stereocenters. The number of halogens is 1. The van der Waals surface area contributed by atoms with Gasteiger partial charge in [-0.25, -0.2) is 0 Å². The maximum absolute atomic E-state index is 5.74. The van der Waals surface area contributed by atoms with Crippen molar-refractivity contribution in [3.63, 3.8) is 0 Å². The largest absolute Gasteiger partial charge is 0.492 e. The van der Waals surface area contributed by atoms with Gasteiger partial charge >= 0.3 is 0 Å². The number of benzene rings is 1. The lowest BCUT2D eigenvalue weighted by atomic mass is 9.73. The van der Waals surface area contributed by atoms with Crippen LogP contribution in [0, 0.1) is 5.41 Å². The highest BCUT2D eigenvalue weighted by atomic mass is 79.9. The zero-order valence-corrected chi connectivity index (χ0v) is 13.5. The first-order chi connectivity index (χ1) is 9.08.